The van der Waals surface area contributed by atoms with E-state index in [9.17, 15) is 4.79 Å². The zero-order valence-electron chi connectivity index (χ0n) is 16.2. The molecule has 0 spiro atoms. The first-order valence-corrected chi connectivity index (χ1v) is 9.60. The molecular weight excluding hydrogens is 383 g/mol. The maximum atomic E-state index is 12.8. The standard InChI is InChI=1S/C20H27ClN4O.ClH/c1-14-19(12-20(26)24-10-8-16(9-11-24)13-22-3)15(2)25(23-14)18-6-4-17(21)5-7-18;/h4-7,16,22H,8-13H2,1-3H3;1H. The van der Waals surface area contributed by atoms with Crippen molar-refractivity contribution in [2.75, 3.05) is 26.7 Å². The molecule has 0 atom stereocenters. The lowest BCUT2D eigenvalue weighted by Crippen LogP contribution is -2.41. The second-order valence-corrected chi connectivity index (χ2v) is 7.53. The minimum Gasteiger partial charge on any atom is -0.342 e. The summed E-state index contributed by atoms with van der Waals surface area (Å²) in [4.78, 5) is 14.8. The van der Waals surface area contributed by atoms with Crippen molar-refractivity contribution < 1.29 is 4.79 Å². The maximum absolute atomic E-state index is 12.8. The highest BCUT2D eigenvalue weighted by atomic mass is 35.5. The van der Waals surface area contributed by atoms with E-state index in [4.69, 9.17) is 11.6 Å². The predicted octanol–water partition coefficient (Wildman–Crippen LogP) is 3.56. The molecular formula is C20H28Cl2N4O. The van der Waals surface area contributed by atoms with Gasteiger partial charge in [-0.15, -0.1) is 12.4 Å². The van der Waals surface area contributed by atoms with Gasteiger partial charge in [0.15, 0.2) is 0 Å². The van der Waals surface area contributed by atoms with Crippen molar-refractivity contribution in [2.45, 2.75) is 33.1 Å². The van der Waals surface area contributed by atoms with Crippen molar-refractivity contribution in [2.24, 2.45) is 5.92 Å². The Kier molecular flexibility index (Phi) is 7.71. The van der Waals surface area contributed by atoms with Gasteiger partial charge in [-0.25, -0.2) is 4.68 Å². The van der Waals surface area contributed by atoms with E-state index in [0.29, 0.717) is 17.4 Å². The summed E-state index contributed by atoms with van der Waals surface area (Å²) in [6.07, 6.45) is 2.57. The first kappa shape index (κ1) is 21.7. The summed E-state index contributed by atoms with van der Waals surface area (Å²) in [6, 6.07) is 7.60. The Morgan fingerprint density at radius 3 is 2.44 bits per heavy atom. The van der Waals surface area contributed by atoms with Crippen LogP contribution in [0.1, 0.15) is 29.8 Å². The summed E-state index contributed by atoms with van der Waals surface area (Å²) < 4.78 is 1.90. The van der Waals surface area contributed by atoms with E-state index >= 15 is 0 Å². The first-order chi connectivity index (χ1) is 12.5. The Labute approximate surface area is 172 Å². The topological polar surface area (TPSA) is 50.2 Å². The summed E-state index contributed by atoms with van der Waals surface area (Å²) >= 11 is 5.98. The van der Waals surface area contributed by atoms with Crippen LogP contribution >= 0.6 is 24.0 Å². The molecule has 0 unspecified atom stereocenters. The number of hydrogen-bond acceptors (Lipinski definition) is 3. The molecule has 1 N–H and O–H groups in total. The van der Waals surface area contributed by atoms with Crippen molar-refractivity contribution in [1.29, 1.82) is 0 Å². The van der Waals surface area contributed by atoms with E-state index in [2.05, 4.69) is 10.4 Å². The highest BCUT2D eigenvalue weighted by Crippen LogP contribution is 2.22. The molecule has 3 rings (SSSR count). The van der Waals surface area contributed by atoms with E-state index in [-0.39, 0.29) is 18.3 Å². The zero-order chi connectivity index (χ0) is 18.7. The molecule has 1 saturated heterocycles. The molecule has 0 saturated carbocycles. The van der Waals surface area contributed by atoms with Gasteiger partial charge in [-0.2, -0.15) is 5.10 Å². The van der Waals surface area contributed by atoms with Crippen LogP contribution in [0.3, 0.4) is 0 Å². The Morgan fingerprint density at radius 1 is 1.22 bits per heavy atom. The number of piperidine rings is 1. The summed E-state index contributed by atoms with van der Waals surface area (Å²) in [5.41, 5.74) is 3.92. The fraction of sp³-hybridized carbons (Fsp3) is 0.500. The Morgan fingerprint density at radius 2 is 1.85 bits per heavy atom. The number of nitrogens with zero attached hydrogens (tertiary/aromatic N) is 3. The van der Waals surface area contributed by atoms with Crippen LogP contribution in [0.25, 0.3) is 5.69 Å². The molecule has 2 heterocycles. The van der Waals surface area contributed by atoms with Gasteiger partial charge in [0.2, 0.25) is 5.91 Å². The molecule has 0 bridgehead atoms. The number of aromatic nitrogens is 2. The summed E-state index contributed by atoms with van der Waals surface area (Å²) in [6.45, 7) is 6.74. The van der Waals surface area contributed by atoms with E-state index in [0.717, 1.165) is 55.1 Å². The molecule has 27 heavy (non-hydrogen) atoms. The number of amides is 1. The van der Waals surface area contributed by atoms with Gasteiger partial charge in [-0.1, -0.05) is 11.6 Å². The molecule has 148 valence electrons. The quantitative estimate of drug-likeness (QED) is 0.819. The number of aryl methyl sites for hydroxylation is 1. The fourth-order valence-electron chi connectivity index (χ4n) is 3.70. The van der Waals surface area contributed by atoms with Gasteiger partial charge < -0.3 is 10.2 Å². The molecule has 1 fully saturated rings. The van der Waals surface area contributed by atoms with Gasteiger partial charge in [-0.05, 0) is 70.5 Å². The van der Waals surface area contributed by atoms with E-state index < -0.39 is 0 Å². The van der Waals surface area contributed by atoms with Crippen molar-refractivity contribution in [1.82, 2.24) is 20.0 Å². The van der Waals surface area contributed by atoms with Crippen LogP contribution in [-0.2, 0) is 11.2 Å². The molecule has 0 radical (unpaired) electrons. The van der Waals surface area contributed by atoms with Crippen LogP contribution in [0.5, 0.6) is 0 Å². The van der Waals surface area contributed by atoms with Gasteiger partial charge in [0.05, 0.1) is 17.8 Å². The van der Waals surface area contributed by atoms with Gasteiger partial charge in [-0.3, -0.25) is 4.79 Å². The molecule has 1 aromatic heterocycles. The predicted molar refractivity (Wildman–Crippen MR) is 112 cm³/mol. The summed E-state index contributed by atoms with van der Waals surface area (Å²) in [5, 5.41) is 8.58. The SMILES string of the molecule is CNCC1CCN(C(=O)Cc2c(C)nn(-c3ccc(Cl)cc3)c2C)CC1.Cl. The third kappa shape index (κ3) is 5.03. The lowest BCUT2D eigenvalue weighted by atomic mass is 9.96. The number of hydrogen-bond donors (Lipinski definition) is 1. The zero-order valence-corrected chi connectivity index (χ0v) is 17.7. The number of carbonyl (C=O) groups excluding carboxylic acids is 1. The van der Waals surface area contributed by atoms with Gasteiger partial charge in [0.25, 0.3) is 0 Å². The van der Waals surface area contributed by atoms with Crippen molar-refractivity contribution in [3.8, 4) is 5.69 Å². The smallest absolute Gasteiger partial charge is 0.227 e. The third-order valence-electron chi connectivity index (χ3n) is 5.30. The summed E-state index contributed by atoms with van der Waals surface area (Å²) in [7, 11) is 1.99. The Bertz CT molecular complexity index is 765. The molecule has 0 aliphatic carbocycles. The van der Waals surface area contributed by atoms with Crippen molar-refractivity contribution >= 4 is 29.9 Å². The van der Waals surface area contributed by atoms with Crippen LogP contribution in [-0.4, -0.2) is 47.3 Å². The largest absolute Gasteiger partial charge is 0.342 e. The first-order valence-electron chi connectivity index (χ1n) is 9.23. The normalized spacial score (nSPS) is 14.9. The summed E-state index contributed by atoms with van der Waals surface area (Å²) in [5.74, 6) is 0.884. The number of likely N-dealkylation sites (tertiary alicyclic amines) is 1. The van der Waals surface area contributed by atoms with Crippen LogP contribution in [0.4, 0.5) is 0 Å². The number of halogens is 2. The second kappa shape index (κ2) is 9.58. The highest BCUT2D eigenvalue weighted by Gasteiger charge is 2.24. The number of nitrogens with one attached hydrogen (secondary N) is 1. The lowest BCUT2D eigenvalue weighted by molar-refractivity contribution is -0.131. The molecule has 2 aromatic rings. The monoisotopic (exact) mass is 410 g/mol. The van der Waals surface area contributed by atoms with Gasteiger partial charge in [0, 0.05) is 29.4 Å². The van der Waals surface area contributed by atoms with Crippen LogP contribution in [0.2, 0.25) is 5.02 Å². The van der Waals surface area contributed by atoms with Crippen LogP contribution in [0.15, 0.2) is 24.3 Å². The van der Waals surface area contributed by atoms with E-state index in [1.807, 2.05) is 54.7 Å². The average Bonchev–Trinajstić information content (AvgIpc) is 2.91. The average molecular weight is 411 g/mol. The fourth-order valence-corrected chi connectivity index (χ4v) is 3.83. The van der Waals surface area contributed by atoms with Crippen LogP contribution in [0, 0.1) is 19.8 Å². The second-order valence-electron chi connectivity index (χ2n) is 7.10. The van der Waals surface area contributed by atoms with Gasteiger partial charge >= 0.3 is 0 Å². The minimum absolute atomic E-state index is 0. The lowest BCUT2D eigenvalue weighted by Gasteiger charge is -2.32. The maximum Gasteiger partial charge on any atom is 0.227 e. The molecule has 1 aromatic carbocycles. The number of rotatable bonds is 5. The Hall–Kier alpha value is -1.56. The van der Waals surface area contributed by atoms with Crippen molar-refractivity contribution in [3.63, 3.8) is 0 Å². The molecule has 1 aliphatic rings. The van der Waals surface area contributed by atoms with E-state index in [1.54, 1.807) is 0 Å². The number of carbonyl (C=O) groups is 1. The molecule has 7 heteroatoms. The van der Waals surface area contributed by atoms with Crippen molar-refractivity contribution in [3.05, 3.63) is 46.2 Å². The van der Waals surface area contributed by atoms with Crippen LogP contribution < -0.4 is 5.32 Å². The third-order valence-corrected chi connectivity index (χ3v) is 5.55. The minimum atomic E-state index is 0. The molecule has 1 aliphatic heterocycles. The van der Waals surface area contributed by atoms with E-state index in [1.165, 1.54) is 0 Å². The highest BCUT2D eigenvalue weighted by molar-refractivity contribution is 6.30. The number of benzene rings is 1. The Balaban J connectivity index is 0.00000261. The van der Waals surface area contributed by atoms with Gasteiger partial charge in [0.1, 0.15) is 0 Å². The molecule has 5 nitrogen and oxygen atoms in total. The molecule has 1 amide bonds.